The first-order valence-corrected chi connectivity index (χ1v) is 11.6. The van der Waals surface area contributed by atoms with Gasteiger partial charge in [-0.15, -0.1) is 0 Å². The van der Waals surface area contributed by atoms with Gasteiger partial charge in [0.15, 0.2) is 5.78 Å². The predicted octanol–water partition coefficient (Wildman–Crippen LogP) is 4.87. The molecule has 1 saturated heterocycles. The molecular weight excluding hydrogens is 398 g/mol. The van der Waals surface area contributed by atoms with E-state index in [1.807, 2.05) is 43.0 Å². The number of carbonyl (C=O) groups is 2. The molecule has 0 spiro atoms. The average Bonchev–Trinajstić information content (AvgIpc) is 2.84. The second-order valence-corrected chi connectivity index (χ2v) is 8.41. The zero-order valence-corrected chi connectivity index (χ0v) is 19.0. The molecule has 2 heterocycles. The lowest BCUT2D eigenvalue weighted by Gasteiger charge is -2.36. The highest BCUT2D eigenvalue weighted by atomic mass is 16.2. The number of nitrogens with zero attached hydrogens (tertiary/aromatic N) is 3. The number of Topliss-reactive ketones (excluding diaryl/α,β-unsaturated/α-hetero) is 1. The van der Waals surface area contributed by atoms with Gasteiger partial charge in [0.05, 0.1) is 5.52 Å². The van der Waals surface area contributed by atoms with Gasteiger partial charge in [-0.25, -0.2) is 0 Å². The van der Waals surface area contributed by atoms with Crippen LogP contribution in [0.15, 0.2) is 54.7 Å². The highest BCUT2D eigenvalue weighted by Crippen LogP contribution is 2.29. The maximum atomic E-state index is 12.7. The van der Waals surface area contributed by atoms with E-state index >= 15 is 0 Å². The van der Waals surface area contributed by atoms with Gasteiger partial charge < -0.3 is 9.80 Å². The molecule has 0 saturated carbocycles. The first-order valence-electron chi connectivity index (χ1n) is 11.6. The Kier molecular flexibility index (Phi) is 6.84. The summed E-state index contributed by atoms with van der Waals surface area (Å²) in [5.74, 6) is 0.376. The fraction of sp³-hybridized carbons (Fsp3) is 0.370. The SMILES string of the molecule is CCCC(=O)N1CCN(c2ccc3ncc(C(=O)CC)c(Cc4ccccc4)c3c2)CC1. The molecule has 5 heteroatoms. The van der Waals surface area contributed by atoms with E-state index in [1.165, 1.54) is 5.56 Å². The largest absolute Gasteiger partial charge is 0.368 e. The summed E-state index contributed by atoms with van der Waals surface area (Å²) < 4.78 is 0. The molecule has 0 bridgehead atoms. The van der Waals surface area contributed by atoms with Gasteiger partial charge in [0.25, 0.3) is 0 Å². The van der Waals surface area contributed by atoms with Crippen LogP contribution in [-0.4, -0.2) is 47.8 Å². The quantitative estimate of drug-likeness (QED) is 0.503. The second-order valence-electron chi connectivity index (χ2n) is 8.41. The van der Waals surface area contributed by atoms with E-state index in [-0.39, 0.29) is 11.7 Å². The lowest BCUT2D eigenvalue weighted by atomic mass is 9.93. The highest BCUT2D eigenvalue weighted by molar-refractivity contribution is 6.02. The van der Waals surface area contributed by atoms with Crippen LogP contribution >= 0.6 is 0 Å². The van der Waals surface area contributed by atoms with Crippen LogP contribution in [0.2, 0.25) is 0 Å². The number of anilines is 1. The molecule has 0 aliphatic carbocycles. The van der Waals surface area contributed by atoms with Crippen LogP contribution in [0.4, 0.5) is 5.69 Å². The topological polar surface area (TPSA) is 53.5 Å². The molecule has 0 unspecified atom stereocenters. The maximum Gasteiger partial charge on any atom is 0.222 e. The van der Waals surface area contributed by atoms with Crippen LogP contribution in [0.3, 0.4) is 0 Å². The molecule has 32 heavy (non-hydrogen) atoms. The van der Waals surface area contributed by atoms with Crippen LogP contribution in [0.25, 0.3) is 10.9 Å². The Morgan fingerprint density at radius 2 is 1.72 bits per heavy atom. The molecule has 4 rings (SSSR count). The van der Waals surface area contributed by atoms with E-state index in [4.69, 9.17) is 0 Å². The van der Waals surface area contributed by atoms with E-state index in [2.05, 4.69) is 34.1 Å². The molecule has 1 aromatic heterocycles. The van der Waals surface area contributed by atoms with Crippen molar-refractivity contribution in [2.45, 2.75) is 39.5 Å². The van der Waals surface area contributed by atoms with Crippen LogP contribution in [0.5, 0.6) is 0 Å². The van der Waals surface area contributed by atoms with Gasteiger partial charge in [0, 0.05) is 61.9 Å². The summed E-state index contributed by atoms with van der Waals surface area (Å²) in [7, 11) is 0. The van der Waals surface area contributed by atoms with E-state index in [0.29, 0.717) is 19.3 Å². The Morgan fingerprint density at radius 1 is 0.969 bits per heavy atom. The summed E-state index contributed by atoms with van der Waals surface area (Å²) in [5, 5.41) is 1.04. The van der Waals surface area contributed by atoms with E-state index in [9.17, 15) is 9.59 Å². The lowest BCUT2D eigenvalue weighted by Crippen LogP contribution is -2.48. The second kappa shape index (κ2) is 9.94. The van der Waals surface area contributed by atoms with Crippen LogP contribution in [-0.2, 0) is 11.2 Å². The van der Waals surface area contributed by atoms with Crippen LogP contribution in [0.1, 0.15) is 54.6 Å². The molecule has 0 atom stereocenters. The summed E-state index contributed by atoms with van der Waals surface area (Å²) in [6.45, 7) is 7.07. The first kappa shape index (κ1) is 22.0. The van der Waals surface area contributed by atoms with Gasteiger partial charge in [0.1, 0.15) is 0 Å². The number of piperazine rings is 1. The number of benzene rings is 2. The summed E-state index contributed by atoms with van der Waals surface area (Å²) in [6, 6.07) is 16.6. The van der Waals surface area contributed by atoms with Crippen LogP contribution in [0, 0.1) is 0 Å². The molecule has 3 aromatic rings. The Morgan fingerprint density at radius 3 is 2.41 bits per heavy atom. The van der Waals surface area contributed by atoms with Crippen molar-refractivity contribution in [2.75, 3.05) is 31.1 Å². The zero-order valence-electron chi connectivity index (χ0n) is 19.0. The van der Waals surface area contributed by atoms with Crippen molar-refractivity contribution in [2.24, 2.45) is 0 Å². The molecule has 1 amide bonds. The van der Waals surface area contributed by atoms with Crippen molar-refractivity contribution < 1.29 is 9.59 Å². The Bertz CT molecular complexity index is 1100. The molecule has 1 fully saturated rings. The fourth-order valence-corrected chi connectivity index (χ4v) is 4.44. The molecule has 5 nitrogen and oxygen atoms in total. The van der Waals surface area contributed by atoms with E-state index < -0.39 is 0 Å². The minimum Gasteiger partial charge on any atom is -0.368 e. The first-order chi connectivity index (χ1) is 15.6. The predicted molar refractivity (Wildman–Crippen MR) is 129 cm³/mol. The number of hydrogen-bond donors (Lipinski definition) is 0. The van der Waals surface area contributed by atoms with Crippen molar-refractivity contribution in [1.29, 1.82) is 0 Å². The van der Waals surface area contributed by atoms with Crippen molar-refractivity contribution in [1.82, 2.24) is 9.88 Å². The number of rotatable bonds is 7. The monoisotopic (exact) mass is 429 g/mol. The molecule has 166 valence electrons. The Balaban J connectivity index is 1.67. The van der Waals surface area contributed by atoms with Crippen LogP contribution < -0.4 is 4.90 Å². The Hall–Kier alpha value is -3.21. The maximum absolute atomic E-state index is 12.7. The van der Waals surface area contributed by atoms with E-state index in [0.717, 1.165) is 60.3 Å². The molecule has 1 aliphatic heterocycles. The van der Waals surface area contributed by atoms with Gasteiger partial charge in [-0.05, 0) is 42.2 Å². The average molecular weight is 430 g/mol. The third kappa shape index (κ3) is 4.67. The third-order valence-electron chi connectivity index (χ3n) is 6.27. The normalized spacial score (nSPS) is 14.1. The molecule has 1 aliphatic rings. The fourth-order valence-electron chi connectivity index (χ4n) is 4.44. The van der Waals surface area contributed by atoms with Gasteiger partial charge in [0.2, 0.25) is 5.91 Å². The molecule has 0 N–H and O–H groups in total. The molecule has 2 aromatic carbocycles. The van der Waals surface area contributed by atoms with Gasteiger partial charge in [-0.3, -0.25) is 14.6 Å². The number of pyridine rings is 1. The highest BCUT2D eigenvalue weighted by Gasteiger charge is 2.22. The summed E-state index contributed by atoms with van der Waals surface area (Å²) >= 11 is 0. The number of fused-ring (bicyclic) bond motifs is 1. The number of aromatic nitrogens is 1. The summed E-state index contributed by atoms with van der Waals surface area (Å²) in [4.78, 5) is 33.9. The number of carbonyl (C=O) groups excluding carboxylic acids is 2. The third-order valence-corrected chi connectivity index (χ3v) is 6.27. The minimum atomic E-state index is 0.124. The minimum absolute atomic E-state index is 0.124. The molecule has 0 radical (unpaired) electrons. The van der Waals surface area contributed by atoms with E-state index in [1.54, 1.807) is 6.20 Å². The lowest BCUT2D eigenvalue weighted by molar-refractivity contribution is -0.131. The Labute approximate surface area is 190 Å². The molecular formula is C27H31N3O2. The number of amides is 1. The van der Waals surface area contributed by atoms with Crippen molar-refractivity contribution in [3.8, 4) is 0 Å². The van der Waals surface area contributed by atoms with Gasteiger partial charge in [-0.1, -0.05) is 44.2 Å². The zero-order chi connectivity index (χ0) is 22.5. The standard InChI is InChI=1S/C27H31N3O2/c1-3-8-27(32)30-15-13-29(14-16-30)21-11-12-25-23(18-21)22(17-20-9-6-5-7-10-20)24(19-28-25)26(31)4-2/h5-7,9-12,18-19H,3-4,8,13-17H2,1-2H3. The number of ketones is 1. The summed E-state index contributed by atoms with van der Waals surface area (Å²) in [5.41, 5.74) is 4.97. The number of hydrogen-bond acceptors (Lipinski definition) is 4. The summed E-state index contributed by atoms with van der Waals surface area (Å²) in [6.07, 6.45) is 4.41. The van der Waals surface area contributed by atoms with Gasteiger partial charge in [-0.2, -0.15) is 0 Å². The van der Waals surface area contributed by atoms with Crippen molar-refractivity contribution >= 4 is 28.3 Å². The van der Waals surface area contributed by atoms with Gasteiger partial charge >= 0.3 is 0 Å². The van der Waals surface area contributed by atoms with Crippen molar-refractivity contribution in [3.05, 3.63) is 71.4 Å². The smallest absolute Gasteiger partial charge is 0.222 e. The van der Waals surface area contributed by atoms with Crippen molar-refractivity contribution in [3.63, 3.8) is 0 Å².